The van der Waals surface area contributed by atoms with Crippen molar-refractivity contribution in [2.75, 3.05) is 0 Å². The molecule has 0 bridgehead atoms. The molecule has 0 amide bonds. The van der Waals surface area contributed by atoms with Crippen LogP contribution >= 0.6 is 0 Å². The zero-order valence-corrected chi connectivity index (χ0v) is 16.5. The molecule has 3 aromatic carbocycles. The SMILES string of the molecule is CC(C)c1cc(Cc2ccccc2)nc(-c2ccc(-c3ccccc3)cc2)c1. The van der Waals surface area contributed by atoms with Gasteiger partial charge in [-0.3, -0.25) is 4.98 Å². The maximum atomic E-state index is 4.98. The summed E-state index contributed by atoms with van der Waals surface area (Å²) in [5, 5.41) is 0. The van der Waals surface area contributed by atoms with Crippen LogP contribution in [0.25, 0.3) is 22.4 Å². The second kappa shape index (κ2) is 8.22. The lowest BCUT2D eigenvalue weighted by atomic mass is 9.97. The first-order valence-electron chi connectivity index (χ1n) is 9.90. The summed E-state index contributed by atoms with van der Waals surface area (Å²) in [4.78, 5) is 4.98. The Morgan fingerprint density at radius 3 is 1.86 bits per heavy atom. The van der Waals surface area contributed by atoms with Crippen molar-refractivity contribution in [1.29, 1.82) is 0 Å². The molecule has 138 valence electrons. The second-order valence-electron chi connectivity index (χ2n) is 7.54. The Kier molecular flexibility index (Phi) is 5.34. The quantitative estimate of drug-likeness (QED) is 0.367. The molecule has 4 rings (SSSR count). The molecule has 0 spiro atoms. The van der Waals surface area contributed by atoms with Gasteiger partial charge in [0.25, 0.3) is 0 Å². The molecule has 28 heavy (non-hydrogen) atoms. The van der Waals surface area contributed by atoms with Gasteiger partial charge >= 0.3 is 0 Å². The van der Waals surface area contributed by atoms with Crippen LogP contribution in [0.4, 0.5) is 0 Å². The van der Waals surface area contributed by atoms with Crippen LogP contribution in [-0.4, -0.2) is 4.98 Å². The van der Waals surface area contributed by atoms with E-state index in [2.05, 4.69) is 105 Å². The smallest absolute Gasteiger partial charge is 0.0708 e. The fourth-order valence-corrected chi connectivity index (χ4v) is 3.45. The first-order chi connectivity index (χ1) is 13.7. The Labute approximate surface area is 167 Å². The summed E-state index contributed by atoms with van der Waals surface area (Å²) in [5.74, 6) is 0.472. The third kappa shape index (κ3) is 4.20. The Balaban J connectivity index is 1.68. The molecule has 1 heterocycles. The van der Waals surface area contributed by atoms with Crippen molar-refractivity contribution >= 4 is 0 Å². The lowest BCUT2D eigenvalue weighted by Crippen LogP contribution is -1.99. The minimum Gasteiger partial charge on any atom is -0.252 e. The van der Waals surface area contributed by atoms with Crippen LogP contribution in [-0.2, 0) is 6.42 Å². The molecular weight excluding hydrogens is 338 g/mol. The zero-order chi connectivity index (χ0) is 19.3. The normalized spacial score (nSPS) is 11.0. The van der Waals surface area contributed by atoms with Crippen molar-refractivity contribution in [3.63, 3.8) is 0 Å². The van der Waals surface area contributed by atoms with Crippen LogP contribution in [0, 0.1) is 0 Å². The van der Waals surface area contributed by atoms with E-state index >= 15 is 0 Å². The zero-order valence-electron chi connectivity index (χ0n) is 16.5. The molecule has 0 saturated heterocycles. The van der Waals surface area contributed by atoms with Gasteiger partial charge in [-0.2, -0.15) is 0 Å². The van der Waals surface area contributed by atoms with E-state index in [1.54, 1.807) is 0 Å². The highest BCUT2D eigenvalue weighted by molar-refractivity contribution is 5.69. The van der Waals surface area contributed by atoms with Crippen LogP contribution in [0.15, 0.2) is 97.1 Å². The lowest BCUT2D eigenvalue weighted by molar-refractivity contribution is 0.857. The van der Waals surface area contributed by atoms with E-state index in [0.717, 1.165) is 23.4 Å². The van der Waals surface area contributed by atoms with E-state index in [-0.39, 0.29) is 0 Å². The molecule has 0 aliphatic carbocycles. The van der Waals surface area contributed by atoms with Crippen LogP contribution in [0.5, 0.6) is 0 Å². The first kappa shape index (κ1) is 18.2. The molecule has 4 aromatic rings. The second-order valence-corrected chi connectivity index (χ2v) is 7.54. The molecule has 0 N–H and O–H groups in total. The van der Waals surface area contributed by atoms with E-state index in [1.165, 1.54) is 22.3 Å². The highest BCUT2D eigenvalue weighted by Gasteiger charge is 2.09. The standard InChI is InChI=1S/C27H25N/c1-20(2)25-18-26(17-21-9-5-3-6-10-21)28-27(19-25)24-15-13-23(14-16-24)22-11-7-4-8-12-22/h3-16,18-20H,17H2,1-2H3. The van der Waals surface area contributed by atoms with Crippen molar-refractivity contribution in [3.8, 4) is 22.4 Å². The van der Waals surface area contributed by atoms with Gasteiger partial charge in [-0.25, -0.2) is 0 Å². The van der Waals surface area contributed by atoms with Crippen LogP contribution < -0.4 is 0 Å². The largest absolute Gasteiger partial charge is 0.252 e. The molecule has 0 unspecified atom stereocenters. The predicted octanol–water partition coefficient (Wildman–Crippen LogP) is 7.13. The monoisotopic (exact) mass is 363 g/mol. The Bertz CT molecular complexity index is 1030. The minimum atomic E-state index is 0.472. The van der Waals surface area contributed by atoms with E-state index in [0.29, 0.717) is 5.92 Å². The van der Waals surface area contributed by atoms with Gasteiger partial charge in [0.2, 0.25) is 0 Å². The predicted molar refractivity (Wildman–Crippen MR) is 118 cm³/mol. The Morgan fingerprint density at radius 2 is 1.21 bits per heavy atom. The third-order valence-corrected chi connectivity index (χ3v) is 5.08. The number of rotatable bonds is 5. The van der Waals surface area contributed by atoms with Gasteiger partial charge in [-0.1, -0.05) is 98.8 Å². The summed E-state index contributed by atoms with van der Waals surface area (Å²) >= 11 is 0. The summed E-state index contributed by atoms with van der Waals surface area (Å²) in [7, 11) is 0. The average Bonchev–Trinajstić information content (AvgIpc) is 2.75. The van der Waals surface area contributed by atoms with Gasteiger partial charge in [-0.05, 0) is 40.3 Å². The van der Waals surface area contributed by atoms with E-state index in [4.69, 9.17) is 4.98 Å². The van der Waals surface area contributed by atoms with Gasteiger partial charge in [0.1, 0.15) is 0 Å². The fraction of sp³-hybridized carbons (Fsp3) is 0.148. The van der Waals surface area contributed by atoms with Gasteiger partial charge < -0.3 is 0 Å². The number of hydrogen-bond donors (Lipinski definition) is 0. The molecule has 0 atom stereocenters. The van der Waals surface area contributed by atoms with Gasteiger partial charge in [0, 0.05) is 17.7 Å². The Hall–Kier alpha value is -3.19. The lowest BCUT2D eigenvalue weighted by Gasteiger charge is -2.12. The van der Waals surface area contributed by atoms with Gasteiger partial charge in [0.15, 0.2) is 0 Å². The molecular formula is C27H25N. The van der Waals surface area contributed by atoms with E-state index in [1.807, 2.05) is 6.07 Å². The minimum absolute atomic E-state index is 0.472. The highest BCUT2D eigenvalue weighted by atomic mass is 14.7. The molecule has 0 fully saturated rings. The van der Waals surface area contributed by atoms with Crippen LogP contribution in [0.2, 0.25) is 0 Å². The molecule has 0 aliphatic rings. The first-order valence-corrected chi connectivity index (χ1v) is 9.90. The average molecular weight is 364 g/mol. The van der Waals surface area contributed by atoms with Crippen molar-refractivity contribution in [1.82, 2.24) is 4.98 Å². The fourth-order valence-electron chi connectivity index (χ4n) is 3.45. The molecule has 0 aliphatic heterocycles. The van der Waals surface area contributed by atoms with Crippen molar-refractivity contribution < 1.29 is 0 Å². The summed E-state index contributed by atoms with van der Waals surface area (Å²) in [5.41, 5.74) is 8.44. The number of benzene rings is 3. The van der Waals surface area contributed by atoms with Crippen LogP contribution in [0.1, 0.15) is 36.6 Å². The number of aromatic nitrogens is 1. The van der Waals surface area contributed by atoms with E-state index in [9.17, 15) is 0 Å². The summed E-state index contributed by atoms with van der Waals surface area (Å²) in [6.45, 7) is 4.48. The van der Waals surface area contributed by atoms with E-state index < -0.39 is 0 Å². The van der Waals surface area contributed by atoms with Crippen molar-refractivity contribution in [2.45, 2.75) is 26.2 Å². The topological polar surface area (TPSA) is 12.9 Å². The van der Waals surface area contributed by atoms with Gasteiger partial charge in [-0.15, -0.1) is 0 Å². The van der Waals surface area contributed by atoms with Crippen molar-refractivity contribution in [3.05, 3.63) is 114 Å². The summed E-state index contributed by atoms with van der Waals surface area (Å²) in [6, 6.07) is 34.3. The number of pyridine rings is 1. The molecule has 0 saturated carbocycles. The molecule has 0 radical (unpaired) electrons. The highest BCUT2D eigenvalue weighted by Crippen LogP contribution is 2.27. The number of hydrogen-bond acceptors (Lipinski definition) is 1. The van der Waals surface area contributed by atoms with Gasteiger partial charge in [0.05, 0.1) is 5.69 Å². The molecule has 1 nitrogen and oxygen atoms in total. The summed E-state index contributed by atoms with van der Waals surface area (Å²) in [6.07, 6.45) is 0.858. The number of nitrogens with zero attached hydrogens (tertiary/aromatic N) is 1. The molecule has 1 aromatic heterocycles. The third-order valence-electron chi connectivity index (χ3n) is 5.08. The molecule has 1 heteroatoms. The maximum absolute atomic E-state index is 4.98. The summed E-state index contributed by atoms with van der Waals surface area (Å²) < 4.78 is 0. The van der Waals surface area contributed by atoms with Crippen molar-refractivity contribution in [2.24, 2.45) is 0 Å². The van der Waals surface area contributed by atoms with Crippen LogP contribution in [0.3, 0.4) is 0 Å². The maximum Gasteiger partial charge on any atom is 0.0708 e. The Morgan fingerprint density at radius 1 is 0.643 bits per heavy atom.